The second-order valence-electron chi connectivity index (χ2n) is 11.5. The first-order valence-corrected chi connectivity index (χ1v) is 19.5. The molecule has 2 N–H and O–H groups in total. The van der Waals surface area contributed by atoms with Gasteiger partial charge >= 0.3 is 11.9 Å². The van der Waals surface area contributed by atoms with Crippen LogP contribution in [0.2, 0.25) is 0 Å². The fraction of sp³-hybridized carbons (Fsp3) is 0. The summed E-state index contributed by atoms with van der Waals surface area (Å²) < 4.78 is 0. The van der Waals surface area contributed by atoms with Crippen LogP contribution in [-0.4, -0.2) is 22.2 Å². The van der Waals surface area contributed by atoms with Crippen LogP contribution < -0.4 is 9.80 Å². The summed E-state index contributed by atoms with van der Waals surface area (Å²) in [7, 11) is 0. The van der Waals surface area contributed by atoms with E-state index in [0.29, 0.717) is 9.75 Å². The average molecular weight is 779 g/mol. The minimum atomic E-state index is -1.25. The van der Waals surface area contributed by atoms with Crippen LogP contribution in [0.1, 0.15) is 9.75 Å². The molecule has 0 aliphatic carbocycles. The summed E-state index contributed by atoms with van der Waals surface area (Å²) in [5.74, 6) is -2.50. The van der Waals surface area contributed by atoms with Crippen molar-refractivity contribution < 1.29 is 19.8 Å². The quantitative estimate of drug-likeness (QED) is 0.0926. The van der Waals surface area contributed by atoms with E-state index in [4.69, 9.17) is 0 Å². The van der Waals surface area contributed by atoms with Gasteiger partial charge in [0.25, 0.3) is 0 Å². The van der Waals surface area contributed by atoms with Crippen molar-refractivity contribution in [3.8, 4) is 31.6 Å². The van der Waals surface area contributed by atoms with E-state index in [2.05, 4.69) is 82.6 Å². The highest BCUT2D eigenvalue weighted by molar-refractivity contribution is 7.25. The largest absolute Gasteiger partial charge is 0.477 e. The number of anilines is 6. The molecule has 8 nitrogen and oxygen atoms in total. The maximum atomic E-state index is 11.4. The number of aliphatic carboxylic acids is 2. The first-order chi connectivity index (χ1) is 26.3. The number of rotatable bonds is 12. The number of para-hydroxylation sites is 2. The lowest BCUT2D eigenvalue weighted by atomic mass is 10.2. The van der Waals surface area contributed by atoms with Crippen molar-refractivity contribution >= 4 is 102 Å². The van der Waals surface area contributed by atoms with E-state index >= 15 is 0 Å². The summed E-state index contributed by atoms with van der Waals surface area (Å²) in [6.07, 6.45) is 2.79. The molecule has 0 radical (unpaired) electrons. The minimum Gasteiger partial charge on any atom is -0.477 e. The van der Waals surface area contributed by atoms with Crippen LogP contribution in [0, 0.1) is 22.7 Å². The maximum Gasteiger partial charge on any atom is 0.346 e. The summed E-state index contributed by atoms with van der Waals surface area (Å²) >= 11 is 6.10. The van der Waals surface area contributed by atoms with Gasteiger partial charge in [0.15, 0.2) is 0 Å². The Morgan fingerprint density at radius 1 is 0.463 bits per heavy atom. The van der Waals surface area contributed by atoms with E-state index < -0.39 is 11.9 Å². The second-order valence-corrected chi connectivity index (χ2v) is 15.8. The van der Waals surface area contributed by atoms with Gasteiger partial charge in [-0.05, 0) is 109 Å². The molecule has 262 valence electrons. The third-order valence-electron chi connectivity index (χ3n) is 8.03. The van der Waals surface area contributed by atoms with Gasteiger partial charge in [0.2, 0.25) is 0 Å². The number of hydrogen-bond donors (Lipinski definition) is 2. The van der Waals surface area contributed by atoms with E-state index in [1.54, 1.807) is 34.8 Å². The highest BCUT2D eigenvalue weighted by Gasteiger charge is 2.20. The number of hydrogen-bond acceptors (Lipinski definition) is 10. The molecule has 54 heavy (non-hydrogen) atoms. The highest BCUT2D eigenvalue weighted by Crippen LogP contribution is 2.46. The molecule has 0 unspecified atom stereocenters. The zero-order chi connectivity index (χ0) is 37.6. The lowest BCUT2D eigenvalue weighted by Crippen LogP contribution is -2.10. The predicted octanol–water partition coefficient (Wildman–Crippen LogP) is 12.2. The molecule has 0 saturated heterocycles. The Morgan fingerprint density at radius 3 is 1.15 bits per heavy atom. The van der Waals surface area contributed by atoms with Crippen molar-refractivity contribution in [2.45, 2.75) is 0 Å². The van der Waals surface area contributed by atoms with Gasteiger partial charge < -0.3 is 20.0 Å². The molecule has 0 saturated carbocycles. The van der Waals surface area contributed by atoms with Crippen molar-refractivity contribution in [2.75, 3.05) is 9.80 Å². The number of thiophene rings is 4. The van der Waals surface area contributed by atoms with E-state index in [-0.39, 0.29) is 11.1 Å². The van der Waals surface area contributed by atoms with E-state index in [0.717, 1.165) is 52.3 Å². The highest BCUT2D eigenvalue weighted by atomic mass is 32.1. The van der Waals surface area contributed by atoms with Crippen molar-refractivity contribution in [1.29, 1.82) is 10.5 Å². The standard InChI is InChI=1S/C42H26N4O4S4/c43-25-27(41(47)48)23-33-15-17-35(51-33)37-19-21-39(53-37)45(29-7-3-1-4-8-29)31-11-13-32(14-12-31)46(30-9-5-2-6-10-30)40-22-20-38(54-40)36-18-16-34(52-36)24-28(26-44)42(49)50/h1-24H,(H,47,48)(H,49,50)/b27-23-,28-24+. The Labute approximate surface area is 326 Å². The first-order valence-electron chi connectivity index (χ1n) is 16.2. The average Bonchev–Trinajstić information content (AvgIpc) is 4.03. The van der Waals surface area contributed by atoms with Crippen LogP contribution in [-0.2, 0) is 9.59 Å². The molecule has 0 aliphatic rings. The normalized spacial score (nSPS) is 11.4. The molecule has 7 rings (SSSR count). The molecule has 4 aromatic heterocycles. The molecule has 4 heterocycles. The van der Waals surface area contributed by atoms with Gasteiger partial charge in [-0.3, -0.25) is 0 Å². The summed E-state index contributed by atoms with van der Waals surface area (Å²) in [6.45, 7) is 0. The Morgan fingerprint density at radius 2 is 0.796 bits per heavy atom. The lowest BCUT2D eigenvalue weighted by Gasteiger charge is -2.26. The van der Waals surface area contributed by atoms with Gasteiger partial charge in [-0.25, -0.2) is 9.59 Å². The number of nitrogens with zero attached hydrogens (tertiary/aromatic N) is 4. The molecule has 3 aromatic carbocycles. The Kier molecular flexibility index (Phi) is 10.6. The molecule has 0 bridgehead atoms. The molecule has 0 fully saturated rings. The van der Waals surface area contributed by atoms with Crippen molar-refractivity contribution in [3.05, 3.63) is 154 Å². The summed E-state index contributed by atoms with van der Waals surface area (Å²) in [6, 6.07) is 47.9. The van der Waals surface area contributed by atoms with Crippen LogP contribution in [0.3, 0.4) is 0 Å². The van der Waals surface area contributed by atoms with Gasteiger partial charge in [0.05, 0.1) is 0 Å². The Balaban J connectivity index is 1.21. The fourth-order valence-corrected chi connectivity index (χ4v) is 9.75. The topological polar surface area (TPSA) is 129 Å². The van der Waals surface area contributed by atoms with Gasteiger partial charge in [0, 0.05) is 52.0 Å². The molecule has 12 heteroatoms. The molecule has 0 spiro atoms. The van der Waals surface area contributed by atoms with E-state index in [1.165, 1.54) is 34.8 Å². The van der Waals surface area contributed by atoms with Crippen molar-refractivity contribution in [1.82, 2.24) is 0 Å². The van der Waals surface area contributed by atoms with Gasteiger partial charge in [-0.1, -0.05) is 36.4 Å². The first kappa shape index (κ1) is 35.8. The monoisotopic (exact) mass is 778 g/mol. The van der Waals surface area contributed by atoms with E-state index in [9.17, 15) is 30.3 Å². The van der Waals surface area contributed by atoms with Gasteiger partial charge in [0.1, 0.15) is 33.3 Å². The number of carboxylic acids is 2. The molecular weight excluding hydrogens is 753 g/mol. The van der Waals surface area contributed by atoms with E-state index in [1.807, 2.05) is 60.7 Å². The van der Waals surface area contributed by atoms with Crippen LogP contribution in [0.4, 0.5) is 32.8 Å². The predicted molar refractivity (Wildman–Crippen MR) is 221 cm³/mol. The van der Waals surface area contributed by atoms with Crippen LogP contribution in [0.5, 0.6) is 0 Å². The molecule has 0 amide bonds. The fourth-order valence-electron chi connectivity index (χ4n) is 5.57. The summed E-state index contributed by atoms with van der Waals surface area (Å²) in [5.41, 5.74) is 3.30. The molecule has 0 aliphatic heterocycles. The zero-order valence-electron chi connectivity index (χ0n) is 28.0. The smallest absolute Gasteiger partial charge is 0.346 e. The Hall–Kier alpha value is -6.54. The van der Waals surface area contributed by atoms with Crippen molar-refractivity contribution in [2.24, 2.45) is 0 Å². The molecule has 7 aromatic rings. The number of carboxylic acid groups (broad SMARTS) is 2. The number of nitriles is 2. The van der Waals surface area contributed by atoms with Gasteiger partial charge in [-0.2, -0.15) is 10.5 Å². The number of benzene rings is 3. The number of carbonyl (C=O) groups is 2. The van der Waals surface area contributed by atoms with Crippen LogP contribution >= 0.6 is 45.3 Å². The maximum absolute atomic E-state index is 11.4. The minimum absolute atomic E-state index is 0.307. The van der Waals surface area contributed by atoms with Crippen LogP contribution in [0.25, 0.3) is 31.7 Å². The zero-order valence-corrected chi connectivity index (χ0v) is 31.3. The molecule has 0 atom stereocenters. The third kappa shape index (κ3) is 7.78. The SMILES string of the molecule is N#C/C(=C/c1ccc(-c2ccc(N(c3ccccc3)c3ccc(N(c4ccccc4)c4ccc(-c5ccc(/C=C(\C#N)C(=O)O)s5)s4)cc3)s2)s1)C(=O)O. The molecular formula is C42H26N4O4S4. The second kappa shape index (κ2) is 16.0. The summed E-state index contributed by atoms with van der Waals surface area (Å²) in [4.78, 5) is 32.5. The lowest BCUT2D eigenvalue weighted by molar-refractivity contribution is -0.133. The van der Waals surface area contributed by atoms with Crippen molar-refractivity contribution in [3.63, 3.8) is 0 Å². The van der Waals surface area contributed by atoms with Crippen LogP contribution in [0.15, 0.2) is 145 Å². The Bertz CT molecular complexity index is 2420. The third-order valence-corrected chi connectivity index (χ3v) is 12.6. The van der Waals surface area contributed by atoms with Gasteiger partial charge in [-0.15, -0.1) is 45.3 Å². The summed E-state index contributed by atoms with van der Waals surface area (Å²) in [5, 5.41) is 38.9.